The van der Waals surface area contributed by atoms with Crippen LogP contribution < -0.4 is 5.32 Å². The third kappa shape index (κ3) is 3.50. The molecule has 1 amide bonds. The number of H-pyrrole nitrogens is 1. The lowest BCUT2D eigenvalue weighted by atomic mass is 10.2. The Balaban J connectivity index is 1.99. The number of aromatic nitrogens is 2. The van der Waals surface area contributed by atoms with Gasteiger partial charge in [-0.2, -0.15) is 5.10 Å². The number of rotatable bonds is 5. The van der Waals surface area contributed by atoms with Gasteiger partial charge >= 0.3 is 0 Å². The van der Waals surface area contributed by atoms with Gasteiger partial charge in [0, 0.05) is 23.8 Å². The number of halogens is 1. The molecule has 1 aliphatic rings. The van der Waals surface area contributed by atoms with Gasteiger partial charge in [-0.25, -0.2) is 8.42 Å². The lowest BCUT2D eigenvalue weighted by molar-refractivity contribution is 0.0900. The summed E-state index contributed by atoms with van der Waals surface area (Å²) in [7, 11) is 1.29. The first kappa shape index (κ1) is 15.3. The van der Waals surface area contributed by atoms with Crippen LogP contribution in [0.25, 0.3) is 0 Å². The van der Waals surface area contributed by atoms with Crippen molar-refractivity contribution in [3.8, 4) is 0 Å². The minimum Gasteiger partial charge on any atom is -0.378 e. The highest BCUT2D eigenvalue weighted by Gasteiger charge is 2.26. The number of amides is 1. The van der Waals surface area contributed by atoms with Crippen molar-refractivity contribution in [2.24, 2.45) is 0 Å². The van der Waals surface area contributed by atoms with E-state index in [4.69, 9.17) is 15.4 Å². The van der Waals surface area contributed by atoms with E-state index in [2.05, 4.69) is 15.5 Å². The summed E-state index contributed by atoms with van der Waals surface area (Å²) < 4.78 is 28.3. The molecule has 1 unspecified atom stereocenters. The molecule has 1 fully saturated rings. The highest BCUT2D eigenvalue weighted by atomic mass is 35.7. The van der Waals surface area contributed by atoms with Gasteiger partial charge in [0.2, 0.25) is 0 Å². The van der Waals surface area contributed by atoms with Crippen LogP contribution in [0.2, 0.25) is 0 Å². The number of carbonyl (C=O) groups excluding carboxylic acids is 1. The summed E-state index contributed by atoms with van der Waals surface area (Å²) in [6.07, 6.45) is 2.87. The molecule has 20 heavy (non-hydrogen) atoms. The molecule has 1 atom stereocenters. The molecule has 112 valence electrons. The lowest BCUT2D eigenvalue weighted by Gasteiger charge is -2.09. The molecule has 7 nitrogen and oxygen atoms in total. The van der Waals surface area contributed by atoms with Crippen molar-refractivity contribution >= 4 is 25.6 Å². The highest BCUT2D eigenvalue weighted by Crippen LogP contribution is 2.21. The second-order valence-corrected chi connectivity index (χ2v) is 7.15. The topological polar surface area (TPSA) is 101 Å². The van der Waals surface area contributed by atoms with Crippen LogP contribution in [0.4, 0.5) is 0 Å². The molecule has 9 heteroatoms. The summed E-state index contributed by atoms with van der Waals surface area (Å²) in [5.41, 5.74) is 0.0362. The molecule has 0 aliphatic carbocycles. The maximum absolute atomic E-state index is 11.9. The Bertz CT molecular complexity index is 593. The molecule has 2 rings (SSSR count). The molecule has 0 aromatic carbocycles. The maximum Gasteiger partial charge on any atom is 0.273 e. The SMILES string of the molecule is Cc1[nH]nc(C(=O)NCCC2CCCO2)c1S(=O)(=O)Cl. The van der Waals surface area contributed by atoms with E-state index in [0.717, 1.165) is 19.4 Å². The molecule has 2 heterocycles. The Morgan fingerprint density at radius 2 is 2.35 bits per heavy atom. The van der Waals surface area contributed by atoms with Crippen molar-refractivity contribution in [1.82, 2.24) is 15.5 Å². The number of ether oxygens (including phenoxy) is 1. The second-order valence-electron chi connectivity index (χ2n) is 4.64. The minimum atomic E-state index is -4.01. The van der Waals surface area contributed by atoms with Crippen LogP contribution >= 0.6 is 10.7 Å². The second kappa shape index (κ2) is 6.11. The maximum atomic E-state index is 11.9. The summed E-state index contributed by atoms with van der Waals surface area (Å²) in [5.74, 6) is -0.563. The number of aryl methyl sites for hydroxylation is 1. The van der Waals surface area contributed by atoms with Crippen molar-refractivity contribution in [3.63, 3.8) is 0 Å². The normalized spacial score (nSPS) is 19.2. The first-order valence-corrected chi connectivity index (χ1v) is 8.60. The summed E-state index contributed by atoms with van der Waals surface area (Å²) >= 11 is 0. The van der Waals surface area contributed by atoms with Crippen LogP contribution in [0.3, 0.4) is 0 Å². The smallest absolute Gasteiger partial charge is 0.273 e. The quantitative estimate of drug-likeness (QED) is 0.786. The Labute approximate surface area is 121 Å². The number of hydrogen-bond acceptors (Lipinski definition) is 5. The van der Waals surface area contributed by atoms with Crippen molar-refractivity contribution < 1.29 is 17.9 Å². The molecule has 1 aliphatic heterocycles. The fraction of sp³-hybridized carbons (Fsp3) is 0.636. The molecular formula is C11H16ClN3O4S. The van der Waals surface area contributed by atoms with Gasteiger partial charge < -0.3 is 10.1 Å². The number of carbonyl (C=O) groups is 1. The van der Waals surface area contributed by atoms with Gasteiger partial charge in [-0.1, -0.05) is 0 Å². The summed E-state index contributed by atoms with van der Waals surface area (Å²) in [5, 5.41) is 8.78. The highest BCUT2D eigenvalue weighted by molar-refractivity contribution is 8.13. The first-order valence-electron chi connectivity index (χ1n) is 6.29. The molecule has 0 bridgehead atoms. The first-order chi connectivity index (χ1) is 9.39. The van der Waals surface area contributed by atoms with Crippen LogP contribution in [0.15, 0.2) is 4.90 Å². The van der Waals surface area contributed by atoms with Gasteiger partial charge in [0.1, 0.15) is 4.90 Å². The fourth-order valence-electron chi connectivity index (χ4n) is 2.17. The number of aromatic amines is 1. The van der Waals surface area contributed by atoms with Gasteiger partial charge in [0.25, 0.3) is 15.0 Å². The molecule has 0 spiro atoms. The van der Waals surface area contributed by atoms with Crippen LogP contribution in [0.1, 0.15) is 35.4 Å². The van der Waals surface area contributed by atoms with E-state index >= 15 is 0 Å². The summed E-state index contributed by atoms with van der Waals surface area (Å²) in [4.78, 5) is 11.7. The average Bonchev–Trinajstić information content (AvgIpc) is 2.97. The van der Waals surface area contributed by atoms with Crippen molar-refractivity contribution in [3.05, 3.63) is 11.4 Å². The predicted molar refractivity (Wildman–Crippen MR) is 72.3 cm³/mol. The van der Waals surface area contributed by atoms with Gasteiger partial charge in [0.05, 0.1) is 11.8 Å². The fourth-order valence-corrected chi connectivity index (χ4v) is 3.52. The van der Waals surface area contributed by atoms with E-state index < -0.39 is 15.0 Å². The van der Waals surface area contributed by atoms with Crippen LogP contribution in [0, 0.1) is 6.92 Å². The largest absolute Gasteiger partial charge is 0.378 e. The van der Waals surface area contributed by atoms with E-state index in [0.29, 0.717) is 13.0 Å². The third-order valence-corrected chi connectivity index (χ3v) is 4.58. The number of nitrogens with zero attached hydrogens (tertiary/aromatic N) is 1. The Kier molecular flexibility index (Phi) is 4.66. The molecule has 1 saturated heterocycles. The molecular weight excluding hydrogens is 306 g/mol. The third-order valence-electron chi connectivity index (χ3n) is 3.13. The van der Waals surface area contributed by atoms with Crippen molar-refractivity contribution in [2.75, 3.05) is 13.2 Å². The molecule has 1 aromatic rings. The molecule has 2 N–H and O–H groups in total. The van der Waals surface area contributed by atoms with Crippen molar-refractivity contribution in [1.29, 1.82) is 0 Å². The summed E-state index contributed by atoms with van der Waals surface area (Å²) in [6, 6.07) is 0. The zero-order valence-corrected chi connectivity index (χ0v) is 12.6. The van der Waals surface area contributed by atoms with E-state index in [1.807, 2.05) is 0 Å². The van der Waals surface area contributed by atoms with E-state index in [9.17, 15) is 13.2 Å². The van der Waals surface area contributed by atoms with E-state index in [1.165, 1.54) is 6.92 Å². The zero-order valence-electron chi connectivity index (χ0n) is 11.0. The predicted octanol–water partition coefficient (Wildman–Crippen LogP) is 0.945. The Morgan fingerprint density at radius 3 is 2.95 bits per heavy atom. The molecule has 0 saturated carbocycles. The molecule has 1 aromatic heterocycles. The standard InChI is InChI=1S/C11H16ClN3O4S/c1-7-10(20(12,17)18)9(15-14-7)11(16)13-5-4-8-3-2-6-19-8/h8H,2-6H2,1H3,(H,13,16)(H,14,15). The van der Waals surface area contributed by atoms with Gasteiger partial charge in [-0.05, 0) is 26.2 Å². The monoisotopic (exact) mass is 321 g/mol. The number of nitrogens with one attached hydrogen (secondary N) is 2. The minimum absolute atomic E-state index is 0.160. The summed E-state index contributed by atoms with van der Waals surface area (Å²) in [6.45, 7) is 2.65. The zero-order chi connectivity index (χ0) is 14.8. The van der Waals surface area contributed by atoms with Crippen LogP contribution in [-0.2, 0) is 13.8 Å². The van der Waals surface area contributed by atoms with Crippen LogP contribution in [-0.4, -0.2) is 43.8 Å². The Morgan fingerprint density at radius 1 is 1.60 bits per heavy atom. The van der Waals surface area contributed by atoms with Gasteiger partial charge in [-0.15, -0.1) is 0 Å². The number of hydrogen-bond donors (Lipinski definition) is 2. The van der Waals surface area contributed by atoms with Crippen molar-refractivity contribution in [2.45, 2.75) is 37.2 Å². The van der Waals surface area contributed by atoms with Gasteiger partial charge in [-0.3, -0.25) is 9.89 Å². The molecule has 0 radical (unpaired) electrons. The van der Waals surface area contributed by atoms with Gasteiger partial charge in [0.15, 0.2) is 5.69 Å². The average molecular weight is 322 g/mol. The van der Waals surface area contributed by atoms with Crippen LogP contribution in [0.5, 0.6) is 0 Å². The Hall–Kier alpha value is -1.12. The van der Waals surface area contributed by atoms with E-state index in [1.54, 1.807) is 0 Å². The van der Waals surface area contributed by atoms with E-state index in [-0.39, 0.29) is 22.4 Å². The lowest BCUT2D eigenvalue weighted by Crippen LogP contribution is -2.28.